The fourth-order valence-electron chi connectivity index (χ4n) is 7.40. The van der Waals surface area contributed by atoms with Gasteiger partial charge in [-0.25, -0.2) is 4.39 Å². The monoisotopic (exact) mass is 676 g/mol. The summed E-state index contributed by atoms with van der Waals surface area (Å²) in [6.45, 7) is 5.16. The van der Waals surface area contributed by atoms with E-state index in [-0.39, 0.29) is 46.8 Å². The molecule has 0 bridgehead atoms. The molecule has 2 unspecified atom stereocenters. The van der Waals surface area contributed by atoms with Crippen LogP contribution in [0.1, 0.15) is 48.7 Å². The van der Waals surface area contributed by atoms with Gasteiger partial charge in [0.2, 0.25) is 11.3 Å². The van der Waals surface area contributed by atoms with Gasteiger partial charge in [0.15, 0.2) is 17.3 Å². The van der Waals surface area contributed by atoms with Gasteiger partial charge in [0.1, 0.15) is 16.8 Å². The Bertz CT molecular complexity index is 2230. The number of pyridine rings is 2. The van der Waals surface area contributed by atoms with Crippen LogP contribution in [-0.2, 0) is 4.79 Å². The molecule has 8 rings (SSSR count). The number of aromatic nitrogens is 2. The molecule has 0 aliphatic carbocycles. The number of hydrogen-bond acceptors (Lipinski definition) is 8. The van der Waals surface area contributed by atoms with Gasteiger partial charge in [0.05, 0.1) is 29.1 Å². The summed E-state index contributed by atoms with van der Waals surface area (Å²) in [5, 5.41) is 18.4. The number of amides is 2. The zero-order valence-electron chi connectivity index (χ0n) is 27.8. The van der Waals surface area contributed by atoms with Gasteiger partial charge in [-0.2, -0.15) is 0 Å². The zero-order valence-corrected chi connectivity index (χ0v) is 27.8. The maximum atomic E-state index is 16.4. The first-order valence-corrected chi connectivity index (χ1v) is 16.9. The number of nitrogens with one attached hydrogen (secondary N) is 2. The van der Waals surface area contributed by atoms with E-state index in [1.165, 1.54) is 6.07 Å². The summed E-state index contributed by atoms with van der Waals surface area (Å²) in [5.74, 6) is -0.739. The summed E-state index contributed by atoms with van der Waals surface area (Å²) in [6.07, 6.45) is 5.52. The molecule has 0 radical (unpaired) electrons. The Morgan fingerprint density at radius 2 is 1.90 bits per heavy atom. The lowest BCUT2D eigenvalue weighted by Crippen LogP contribution is -2.49. The lowest BCUT2D eigenvalue weighted by molar-refractivity contribution is -0.125. The fourth-order valence-corrected chi connectivity index (χ4v) is 7.40. The van der Waals surface area contributed by atoms with E-state index >= 15 is 4.39 Å². The number of fused-ring (bicyclic) bond motifs is 3. The Balaban J connectivity index is 1.22. The van der Waals surface area contributed by atoms with Crippen LogP contribution in [0.3, 0.4) is 0 Å². The first kappa shape index (κ1) is 31.9. The van der Waals surface area contributed by atoms with Gasteiger partial charge < -0.3 is 34.8 Å². The van der Waals surface area contributed by atoms with Gasteiger partial charge in [0, 0.05) is 57.4 Å². The van der Waals surface area contributed by atoms with Crippen molar-refractivity contribution in [2.24, 2.45) is 0 Å². The van der Waals surface area contributed by atoms with Crippen molar-refractivity contribution in [1.82, 2.24) is 25.1 Å². The van der Waals surface area contributed by atoms with Crippen LogP contribution in [0.4, 0.5) is 10.1 Å². The van der Waals surface area contributed by atoms with Crippen molar-refractivity contribution in [3.63, 3.8) is 0 Å². The lowest BCUT2D eigenvalue weighted by Gasteiger charge is -2.34. The predicted molar refractivity (Wildman–Crippen MR) is 188 cm³/mol. The highest BCUT2D eigenvalue weighted by Gasteiger charge is 2.35. The molecule has 2 aromatic heterocycles. The number of anilines is 1. The third kappa shape index (κ3) is 5.73. The van der Waals surface area contributed by atoms with E-state index in [0.29, 0.717) is 56.1 Å². The van der Waals surface area contributed by atoms with Crippen LogP contribution in [0.25, 0.3) is 27.4 Å². The Labute approximate surface area is 287 Å². The highest BCUT2D eigenvalue weighted by atomic mass is 19.1. The third-order valence-corrected chi connectivity index (χ3v) is 9.71. The molecule has 2 amide bonds. The van der Waals surface area contributed by atoms with Gasteiger partial charge in [-0.3, -0.25) is 19.4 Å². The minimum Gasteiger partial charge on any atom is -0.451 e. The van der Waals surface area contributed by atoms with E-state index in [2.05, 4.69) is 15.6 Å². The summed E-state index contributed by atoms with van der Waals surface area (Å²) in [6, 6.07) is 16.2. The van der Waals surface area contributed by atoms with Crippen molar-refractivity contribution in [2.45, 2.75) is 44.4 Å². The Morgan fingerprint density at radius 1 is 1.10 bits per heavy atom. The molecule has 11 nitrogen and oxygen atoms in total. The van der Waals surface area contributed by atoms with Crippen LogP contribution < -0.4 is 25.7 Å². The minimum absolute atomic E-state index is 0.0408. The summed E-state index contributed by atoms with van der Waals surface area (Å²) >= 11 is 0. The average Bonchev–Trinajstić information content (AvgIpc) is 3.55. The van der Waals surface area contributed by atoms with Crippen molar-refractivity contribution in [2.75, 3.05) is 37.6 Å². The molecule has 5 heterocycles. The van der Waals surface area contributed by atoms with Crippen molar-refractivity contribution in [3.05, 3.63) is 100 Å². The Morgan fingerprint density at radius 3 is 2.66 bits per heavy atom. The minimum atomic E-state index is -1.15. The first-order valence-electron chi connectivity index (χ1n) is 16.9. The number of carbonyl (C=O) groups excluding carboxylic acids is 2. The molecule has 2 saturated heterocycles. The molecule has 2 fully saturated rings. The Hall–Kier alpha value is -5.33. The smallest absolute Gasteiger partial charge is 0.259 e. The molecule has 5 aromatic rings. The summed E-state index contributed by atoms with van der Waals surface area (Å²) in [4.78, 5) is 48.7. The Kier molecular flexibility index (Phi) is 7.80. The maximum Gasteiger partial charge on any atom is 0.259 e. The number of halogens is 1. The second-order valence-electron chi connectivity index (χ2n) is 14.0. The lowest BCUT2D eigenvalue weighted by atomic mass is 10.0. The average molecular weight is 677 g/mol. The standard InChI is InChI=1S/C38H37FN6O5/c1-38(2,49)17-32(46)42-25-9-12-43(19-25)34-28(39)16-26-33-36(34)50-31-15-23-7-4-3-6-22(23)14-30(31)45(33)20-27(35(26)47)37(48)44-13-11-41-29(21-44)24-8-5-10-40-18-24/h3-8,10,14-16,18,20,25,29,41,49H,9,11-13,17,19,21H2,1-2H3,(H,42,46). The van der Waals surface area contributed by atoms with Crippen LogP contribution in [0.2, 0.25) is 0 Å². The zero-order chi connectivity index (χ0) is 34.7. The normalized spacial score (nSPS) is 18.6. The van der Waals surface area contributed by atoms with Crippen LogP contribution in [-0.4, -0.2) is 75.7 Å². The molecule has 0 spiro atoms. The van der Waals surface area contributed by atoms with Gasteiger partial charge in [-0.1, -0.05) is 30.3 Å². The van der Waals surface area contributed by atoms with Crippen LogP contribution in [0, 0.1) is 5.82 Å². The quantitative estimate of drug-likeness (QED) is 0.237. The number of carbonyl (C=O) groups is 2. The molecule has 0 saturated carbocycles. The van der Waals surface area contributed by atoms with E-state index in [1.807, 2.05) is 53.4 Å². The molecule has 50 heavy (non-hydrogen) atoms. The topological polar surface area (TPSA) is 129 Å². The maximum absolute atomic E-state index is 16.4. The molecule has 3 aliphatic heterocycles. The predicted octanol–water partition coefficient (Wildman–Crippen LogP) is 4.43. The van der Waals surface area contributed by atoms with Crippen molar-refractivity contribution in [1.29, 1.82) is 0 Å². The number of piperazine rings is 1. The number of aliphatic hydroxyl groups is 1. The van der Waals surface area contributed by atoms with Crippen molar-refractivity contribution in [3.8, 4) is 17.2 Å². The number of hydrogen-bond donors (Lipinski definition) is 3. The highest BCUT2D eigenvalue weighted by molar-refractivity contribution is 6.02. The SMILES string of the molecule is CC(C)(O)CC(=O)NC1CCN(c2c(F)cc3c(=O)c(C(=O)N4CCNC(c5cccnc5)C4)cn4c3c2Oc2cc3ccccc3cc2-4)C1. The van der Waals surface area contributed by atoms with E-state index < -0.39 is 22.8 Å². The van der Waals surface area contributed by atoms with Crippen LogP contribution >= 0.6 is 0 Å². The fraction of sp³-hybridized carbons (Fsp3) is 0.316. The second-order valence-corrected chi connectivity index (χ2v) is 14.0. The number of nitrogens with zero attached hydrogens (tertiary/aromatic N) is 4. The van der Waals surface area contributed by atoms with E-state index in [0.717, 1.165) is 16.3 Å². The molecule has 256 valence electrons. The van der Waals surface area contributed by atoms with Crippen LogP contribution in [0.5, 0.6) is 11.5 Å². The molecule has 3 aromatic carbocycles. The highest BCUT2D eigenvalue weighted by Crippen LogP contribution is 2.48. The van der Waals surface area contributed by atoms with E-state index in [1.54, 1.807) is 41.9 Å². The van der Waals surface area contributed by atoms with E-state index in [4.69, 9.17) is 4.74 Å². The second kappa shape index (κ2) is 12.2. The largest absolute Gasteiger partial charge is 0.451 e. The number of benzene rings is 3. The summed E-state index contributed by atoms with van der Waals surface area (Å²) < 4.78 is 24.7. The van der Waals surface area contributed by atoms with Gasteiger partial charge in [-0.05, 0) is 60.9 Å². The van der Waals surface area contributed by atoms with Gasteiger partial charge in [-0.15, -0.1) is 0 Å². The molecular weight excluding hydrogens is 639 g/mol. The number of ether oxygens (including phenoxy) is 1. The van der Waals surface area contributed by atoms with Gasteiger partial charge >= 0.3 is 0 Å². The first-order chi connectivity index (χ1) is 24.0. The van der Waals surface area contributed by atoms with Crippen molar-refractivity contribution >= 4 is 39.2 Å². The summed E-state index contributed by atoms with van der Waals surface area (Å²) in [5.41, 5.74) is 0.332. The third-order valence-electron chi connectivity index (χ3n) is 9.71. The van der Waals surface area contributed by atoms with Gasteiger partial charge in [0.25, 0.3) is 5.91 Å². The van der Waals surface area contributed by atoms with Crippen LogP contribution in [0.15, 0.2) is 78.0 Å². The summed E-state index contributed by atoms with van der Waals surface area (Å²) in [7, 11) is 0. The molecule has 3 aliphatic rings. The molecule has 2 atom stereocenters. The van der Waals surface area contributed by atoms with E-state index in [9.17, 15) is 19.5 Å². The molecule has 3 N–H and O–H groups in total. The number of rotatable bonds is 6. The molecule has 12 heteroatoms. The van der Waals surface area contributed by atoms with Crippen molar-refractivity contribution < 1.29 is 23.8 Å². The molecular formula is C38H37FN6O5.